The van der Waals surface area contributed by atoms with Gasteiger partial charge in [0, 0.05) is 82.1 Å². The SMILES string of the molecule is COC1(C(=O)N2CC3(CNC3)C2)CCN(C(/C=C(\N)c2ccccc2O)=C/N)CC1. The summed E-state index contributed by atoms with van der Waals surface area (Å²) in [6, 6.07) is 6.93. The largest absolute Gasteiger partial charge is 0.507 e. The lowest BCUT2D eigenvalue weighted by atomic mass is 9.73. The molecule has 3 heterocycles. The highest BCUT2D eigenvalue weighted by Crippen LogP contribution is 2.38. The molecule has 8 nitrogen and oxygen atoms in total. The number of carbonyl (C=O) groups is 1. The first kappa shape index (κ1) is 20.6. The molecular formula is C22H31N5O3. The summed E-state index contributed by atoms with van der Waals surface area (Å²) in [5.41, 5.74) is 13.4. The molecule has 3 aliphatic rings. The second-order valence-corrected chi connectivity index (χ2v) is 8.66. The maximum atomic E-state index is 13.2. The number of methoxy groups -OCH3 is 1. The maximum absolute atomic E-state index is 13.2. The summed E-state index contributed by atoms with van der Waals surface area (Å²) in [6.45, 7) is 4.91. The summed E-state index contributed by atoms with van der Waals surface area (Å²) >= 11 is 0. The highest BCUT2D eigenvalue weighted by molar-refractivity contribution is 5.86. The summed E-state index contributed by atoms with van der Waals surface area (Å²) in [5, 5.41) is 13.3. The van der Waals surface area contributed by atoms with Crippen molar-refractivity contribution in [2.45, 2.75) is 18.4 Å². The van der Waals surface area contributed by atoms with Gasteiger partial charge in [-0.2, -0.15) is 0 Å². The predicted octanol–water partition coefficient (Wildman–Crippen LogP) is 0.405. The number of allylic oxidation sites excluding steroid dienone is 1. The number of ether oxygens (including phenoxy) is 1. The average molecular weight is 414 g/mol. The van der Waals surface area contributed by atoms with E-state index in [4.69, 9.17) is 16.2 Å². The number of nitrogens with one attached hydrogen (secondary N) is 1. The number of phenolic OH excluding ortho intramolecular Hbond substituents is 1. The van der Waals surface area contributed by atoms with Gasteiger partial charge >= 0.3 is 0 Å². The van der Waals surface area contributed by atoms with Gasteiger partial charge < -0.3 is 36.4 Å². The molecule has 0 radical (unpaired) electrons. The molecule has 162 valence electrons. The first-order valence-electron chi connectivity index (χ1n) is 10.4. The van der Waals surface area contributed by atoms with Crippen molar-refractivity contribution in [3.05, 3.63) is 47.8 Å². The fourth-order valence-electron chi connectivity index (χ4n) is 4.73. The van der Waals surface area contributed by atoms with Crippen molar-refractivity contribution in [3.63, 3.8) is 0 Å². The molecule has 0 atom stereocenters. The number of piperidine rings is 1. The van der Waals surface area contributed by atoms with Crippen molar-refractivity contribution in [1.29, 1.82) is 0 Å². The van der Waals surface area contributed by atoms with E-state index in [1.165, 1.54) is 6.20 Å². The second-order valence-electron chi connectivity index (χ2n) is 8.66. The van der Waals surface area contributed by atoms with Crippen LogP contribution in [-0.4, -0.2) is 72.8 Å². The first-order chi connectivity index (χ1) is 14.4. The zero-order chi connectivity index (χ0) is 21.4. The van der Waals surface area contributed by atoms with Crippen LogP contribution in [0.3, 0.4) is 0 Å². The van der Waals surface area contributed by atoms with Crippen molar-refractivity contribution >= 4 is 11.6 Å². The Bertz CT molecular complexity index is 861. The molecule has 4 rings (SSSR count). The van der Waals surface area contributed by atoms with E-state index in [1.54, 1.807) is 31.4 Å². The molecule has 8 heteroatoms. The highest BCUT2D eigenvalue weighted by atomic mass is 16.5. The fourth-order valence-corrected chi connectivity index (χ4v) is 4.73. The zero-order valence-electron chi connectivity index (χ0n) is 17.4. The van der Waals surface area contributed by atoms with Gasteiger partial charge in [0.1, 0.15) is 11.4 Å². The topological polar surface area (TPSA) is 117 Å². The standard InChI is InChI=1S/C22H31N5O3/c1-30-22(20(29)27-14-21(15-27)12-25-13-21)6-8-26(9-7-22)16(11-23)10-18(24)17-4-2-3-5-19(17)28/h2-5,10-11,25,28H,6-9,12-15,23-24H2,1H3/b16-11+,18-10-. The van der Waals surface area contributed by atoms with E-state index >= 15 is 0 Å². The molecule has 0 aromatic heterocycles. The van der Waals surface area contributed by atoms with E-state index in [-0.39, 0.29) is 11.7 Å². The van der Waals surface area contributed by atoms with Crippen molar-refractivity contribution in [3.8, 4) is 5.75 Å². The van der Waals surface area contributed by atoms with E-state index in [0.29, 0.717) is 42.6 Å². The number of aromatic hydroxyl groups is 1. The van der Waals surface area contributed by atoms with Gasteiger partial charge in [-0.3, -0.25) is 4.79 Å². The van der Waals surface area contributed by atoms with Gasteiger partial charge in [-0.25, -0.2) is 0 Å². The van der Waals surface area contributed by atoms with Gasteiger partial charge in [0.2, 0.25) is 0 Å². The second kappa shape index (κ2) is 7.85. The van der Waals surface area contributed by atoms with E-state index in [9.17, 15) is 9.90 Å². The van der Waals surface area contributed by atoms with Crippen LogP contribution in [0.25, 0.3) is 5.70 Å². The number of hydrogen-bond donors (Lipinski definition) is 4. The smallest absolute Gasteiger partial charge is 0.254 e. The molecule has 0 bridgehead atoms. The van der Waals surface area contributed by atoms with E-state index in [1.807, 2.05) is 11.0 Å². The Morgan fingerprint density at radius 1 is 1.20 bits per heavy atom. The first-order valence-corrected chi connectivity index (χ1v) is 10.4. The Balaban J connectivity index is 1.41. The molecule has 3 saturated heterocycles. The Morgan fingerprint density at radius 3 is 2.40 bits per heavy atom. The lowest BCUT2D eigenvalue weighted by Crippen LogP contribution is -2.74. The number of para-hydroxylation sites is 1. The molecular weight excluding hydrogens is 382 g/mol. The molecule has 30 heavy (non-hydrogen) atoms. The van der Waals surface area contributed by atoms with Crippen LogP contribution in [0.15, 0.2) is 42.2 Å². The van der Waals surface area contributed by atoms with Gasteiger partial charge in [-0.05, 0) is 18.2 Å². The monoisotopic (exact) mass is 413 g/mol. The molecule has 1 aromatic rings. The van der Waals surface area contributed by atoms with Crippen molar-refractivity contribution in [2.24, 2.45) is 16.9 Å². The van der Waals surface area contributed by atoms with Crippen LogP contribution in [0, 0.1) is 5.41 Å². The molecule has 0 saturated carbocycles. The van der Waals surface area contributed by atoms with Crippen molar-refractivity contribution in [2.75, 3.05) is 46.4 Å². The third kappa shape index (κ3) is 3.50. The summed E-state index contributed by atoms with van der Waals surface area (Å²) in [6.07, 6.45) is 4.45. The molecule has 1 amide bonds. The normalized spacial score (nSPS) is 23.1. The minimum absolute atomic E-state index is 0.102. The molecule has 3 fully saturated rings. The number of benzene rings is 1. The molecule has 0 unspecified atom stereocenters. The van der Waals surface area contributed by atoms with Crippen LogP contribution in [0.1, 0.15) is 18.4 Å². The van der Waals surface area contributed by atoms with Gasteiger partial charge in [0.05, 0.1) is 5.70 Å². The lowest BCUT2D eigenvalue weighted by molar-refractivity contribution is -0.175. The minimum atomic E-state index is -0.776. The van der Waals surface area contributed by atoms with E-state index in [2.05, 4.69) is 10.2 Å². The van der Waals surface area contributed by atoms with Gasteiger partial charge in [0.25, 0.3) is 5.91 Å². The molecule has 3 aliphatic heterocycles. The summed E-state index contributed by atoms with van der Waals surface area (Å²) in [7, 11) is 1.63. The summed E-state index contributed by atoms with van der Waals surface area (Å²) < 4.78 is 5.79. The number of rotatable bonds is 5. The van der Waals surface area contributed by atoms with Gasteiger partial charge in [0.15, 0.2) is 0 Å². The third-order valence-electron chi connectivity index (χ3n) is 6.75. The number of amides is 1. The van der Waals surface area contributed by atoms with Crippen molar-refractivity contribution in [1.82, 2.24) is 15.1 Å². The van der Waals surface area contributed by atoms with E-state index < -0.39 is 5.60 Å². The molecule has 1 spiro atoms. The predicted molar refractivity (Wildman–Crippen MR) is 115 cm³/mol. The van der Waals surface area contributed by atoms with Crippen LogP contribution in [-0.2, 0) is 9.53 Å². The maximum Gasteiger partial charge on any atom is 0.254 e. The Hall–Kier alpha value is -2.71. The minimum Gasteiger partial charge on any atom is -0.507 e. The van der Waals surface area contributed by atoms with Crippen LogP contribution < -0.4 is 16.8 Å². The number of phenols is 1. The van der Waals surface area contributed by atoms with Gasteiger partial charge in [-0.15, -0.1) is 0 Å². The summed E-state index contributed by atoms with van der Waals surface area (Å²) in [4.78, 5) is 17.2. The Morgan fingerprint density at radius 2 is 1.87 bits per heavy atom. The Labute approximate surface area is 177 Å². The number of likely N-dealkylation sites (tertiary alicyclic amines) is 2. The third-order valence-corrected chi connectivity index (χ3v) is 6.75. The fraction of sp³-hybridized carbons (Fsp3) is 0.500. The lowest BCUT2D eigenvalue weighted by Gasteiger charge is -2.58. The summed E-state index contributed by atoms with van der Waals surface area (Å²) in [5.74, 6) is 0.226. The molecule has 1 aromatic carbocycles. The number of carbonyl (C=O) groups excluding carboxylic acids is 1. The molecule has 6 N–H and O–H groups in total. The highest BCUT2D eigenvalue weighted by Gasteiger charge is 2.54. The van der Waals surface area contributed by atoms with Crippen LogP contribution >= 0.6 is 0 Å². The van der Waals surface area contributed by atoms with Crippen molar-refractivity contribution < 1.29 is 14.6 Å². The zero-order valence-corrected chi connectivity index (χ0v) is 17.4. The number of nitrogens with zero attached hydrogens (tertiary/aromatic N) is 2. The quantitative estimate of drug-likeness (QED) is 0.517. The van der Waals surface area contributed by atoms with E-state index in [0.717, 1.165) is 31.9 Å². The average Bonchev–Trinajstić information content (AvgIpc) is 2.70. The van der Waals surface area contributed by atoms with Crippen LogP contribution in [0.5, 0.6) is 5.75 Å². The van der Waals surface area contributed by atoms with Gasteiger partial charge in [-0.1, -0.05) is 12.1 Å². The number of hydrogen-bond acceptors (Lipinski definition) is 7. The van der Waals surface area contributed by atoms with Crippen LogP contribution in [0.2, 0.25) is 0 Å². The van der Waals surface area contributed by atoms with Crippen LogP contribution in [0.4, 0.5) is 0 Å². The Kier molecular flexibility index (Phi) is 5.38. The number of nitrogens with two attached hydrogens (primary N) is 2. The molecule has 0 aliphatic carbocycles.